The Kier molecular flexibility index (Phi) is 4.84. The lowest BCUT2D eigenvalue weighted by Crippen LogP contribution is -1.86. The Morgan fingerprint density at radius 3 is 2.17 bits per heavy atom. The van der Waals surface area contributed by atoms with Crippen LogP contribution >= 0.6 is 0 Å². The summed E-state index contributed by atoms with van der Waals surface area (Å²) >= 11 is 0. The van der Waals surface area contributed by atoms with Crippen molar-refractivity contribution in [1.82, 2.24) is 0 Å². The fraction of sp³-hybridized carbons (Fsp3) is 0.222. The number of halogens is 2. The van der Waals surface area contributed by atoms with E-state index < -0.39 is 11.6 Å². The molecule has 0 radical (unpaired) electrons. The minimum absolute atomic E-state index is 0.138. The van der Waals surface area contributed by atoms with Crippen molar-refractivity contribution in [2.45, 2.75) is 13.8 Å². The van der Waals surface area contributed by atoms with Gasteiger partial charge in [0, 0.05) is 5.56 Å². The molecule has 0 saturated heterocycles. The van der Waals surface area contributed by atoms with E-state index in [1.54, 1.807) is 0 Å². The number of hydrogen-bond acceptors (Lipinski definition) is 1. The SMILES string of the molecule is CC.O=Cc1ccc(F)c(F)c1. The molecular weight excluding hydrogens is 162 g/mol. The Morgan fingerprint density at radius 2 is 1.75 bits per heavy atom. The summed E-state index contributed by atoms with van der Waals surface area (Å²) in [4.78, 5) is 9.98. The van der Waals surface area contributed by atoms with Crippen molar-refractivity contribution in [3.8, 4) is 0 Å². The van der Waals surface area contributed by atoms with Gasteiger partial charge in [-0.2, -0.15) is 0 Å². The molecule has 1 nitrogen and oxygen atoms in total. The average Bonchev–Trinajstić information content (AvgIpc) is 2.13. The van der Waals surface area contributed by atoms with Crippen LogP contribution in [0.4, 0.5) is 8.78 Å². The van der Waals surface area contributed by atoms with E-state index in [1.165, 1.54) is 6.07 Å². The van der Waals surface area contributed by atoms with E-state index in [4.69, 9.17) is 0 Å². The summed E-state index contributed by atoms with van der Waals surface area (Å²) in [7, 11) is 0. The van der Waals surface area contributed by atoms with Gasteiger partial charge < -0.3 is 0 Å². The van der Waals surface area contributed by atoms with Crippen molar-refractivity contribution >= 4 is 6.29 Å². The second kappa shape index (κ2) is 5.41. The molecule has 1 rings (SSSR count). The summed E-state index contributed by atoms with van der Waals surface area (Å²) in [5.41, 5.74) is 0.138. The number of hydrogen-bond donors (Lipinski definition) is 0. The van der Waals surface area contributed by atoms with Crippen LogP contribution in [0.15, 0.2) is 18.2 Å². The molecule has 0 unspecified atom stereocenters. The van der Waals surface area contributed by atoms with Gasteiger partial charge in [-0.1, -0.05) is 13.8 Å². The highest BCUT2D eigenvalue weighted by molar-refractivity contribution is 5.74. The van der Waals surface area contributed by atoms with Crippen molar-refractivity contribution in [3.63, 3.8) is 0 Å². The van der Waals surface area contributed by atoms with Crippen molar-refractivity contribution < 1.29 is 13.6 Å². The molecule has 0 heterocycles. The molecule has 1 aromatic carbocycles. The Balaban J connectivity index is 0.000000561. The van der Waals surface area contributed by atoms with Gasteiger partial charge in [0.15, 0.2) is 11.6 Å². The zero-order valence-corrected chi connectivity index (χ0v) is 6.97. The molecule has 0 saturated carbocycles. The fourth-order valence-electron chi connectivity index (χ4n) is 0.586. The first-order valence-electron chi connectivity index (χ1n) is 3.64. The smallest absolute Gasteiger partial charge is 0.159 e. The summed E-state index contributed by atoms with van der Waals surface area (Å²) < 4.78 is 24.4. The van der Waals surface area contributed by atoms with Crippen molar-refractivity contribution in [1.29, 1.82) is 0 Å². The number of carbonyl (C=O) groups excluding carboxylic acids is 1. The summed E-state index contributed by atoms with van der Waals surface area (Å²) in [5.74, 6) is -1.94. The first-order chi connectivity index (χ1) is 5.74. The lowest BCUT2D eigenvalue weighted by atomic mass is 10.2. The minimum Gasteiger partial charge on any atom is -0.298 e. The molecule has 0 amide bonds. The Bertz CT molecular complexity index is 259. The summed E-state index contributed by atoms with van der Waals surface area (Å²) in [5, 5.41) is 0. The first-order valence-corrected chi connectivity index (χ1v) is 3.64. The third kappa shape index (κ3) is 2.78. The highest BCUT2D eigenvalue weighted by Gasteiger charge is 1.99. The third-order valence-corrected chi connectivity index (χ3v) is 1.08. The van der Waals surface area contributed by atoms with E-state index in [1.807, 2.05) is 13.8 Å². The van der Waals surface area contributed by atoms with Gasteiger partial charge in [-0.15, -0.1) is 0 Å². The molecule has 0 N–H and O–H groups in total. The van der Waals surface area contributed by atoms with Gasteiger partial charge in [0.1, 0.15) is 6.29 Å². The summed E-state index contributed by atoms with van der Waals surface area (Å²) in [6, 6.07) is 2.98. The van der Waals surface area contributed by atoms with Gasteiger partial charge in [-0.25, -0.2) is 8.78 Å². The molecule has 66 valence electrons. The standard InChI is InChI=1S/C7H4F2O.C2H6/c8-6-2-1-5(4-10)3-7(6)9;1-2/h1-4H;1-2H3. The van der Waals surface area contributed by atoms with Crippen LogP contribution in [0.3, 0.4) is 0 Å². The van der Waals surface area contributed by atoms with Crippen molar-refractivity contribution in [3.05, 3.63) is 35.4 Å². The van der Waals surface area contributed by atoms with Crippen molar-refractivity contribution in [2.75, 3.05) is 0 Å². The number of rotatable bonds is 1. The van der Waals surface area contributed by atoms with E-state index in [9.17, 15) is 13.6 Å². The lowest BCUT2D eigenvalue weighted by molar-refractivity contribution is 0.112. The minimum atomic E-state index is -0.996. The van der Waals surface area contributed by atoms with Gasteiger partial charge in [-0.3, -0.25) is 4.79 Å². The second-order valence-corrected chi connectivity index (χ2v) is 1.79. The highest BCUT2D eigenvalue weighted by Crippen LogP contribution is 2.06. The molecule has 0 fully saturated rings. The van der Waals surface area contributed by atoms with Crippen LogP contribution in [-0.2, 0) is 0 Å². The number of benzene rings is 1. The fourth-order valence-corrected chi connectivity index (χ4v) is 0.586. The summed E-state index contributed by atoms with van der Waals surface area (Å²) in [6.07, 6.45) is 0.461. The van der Waals surface area contributed by atoms with Gasteiger partial charge in [0.2, 0.25) is 0 Å². The normalized spacial score (nSPS) is 8.33. The molecule has 0 aliphatic carbocycles. The van der Waals surface area contributed by atoms with Crippen molar-refractivity contribution in [2.24, 2.45) is 0 Å². The predicted octanol–water partition coefficient (Wildman–Crippen LogP) is 2.80. The largest absolute Gasteiger partial charge is 0.298 e. The maximum absolute atomic E-state index is 12.2. The lowest BCUT2D eigenvalue weighted by Gasteiger charge is -1.91. The average molecular weight is 172 g/mol. The van der Waals surface area contributed by atoms with Crippen LogP contribution in [0.25, 0.3) is 0 Å². The molecular formula is C9H10F2O. The highest BCUT2D eigenvalue weighted by atomic mass is 19.2. The number of aldehydes is 1. The predicted molar refractivity (Wildman–Crippen MR) is 43.1 cm³/mol. The summed E-state index contributed by atoms with van der Waals surface area (Å²) in [6.45, 7) is 4.00. The first kappa shape index (κ1) is 10.8. The topological polar surface area (TPSA) is 17.1 Å². The van der Waals surface area contributed by atoms with E-state index in [-0.39, 0.29) is 5.56 Å². The van der Waals surface area contributed by atoms with E-state index in [2.05, 4.69) is 0 Å². The van der Waals surface area contributed by atoms with Crippen LogP contribution in [0.2, 0.25) is 0 Å². The third-order valence-electron chi connectivity index (χ3n) is 1.08. The molecule has 0 atom stereocenters. The van der Waals surface area contributed by atoms with Crippen LogP contribution in [0, 0.1) is 11.6 Å². The zero-order chi connectivity index (χ0) is 9.56. The molecule has 0 spiro atoms. The molecule has 0 aliphatic heterocycles. The van der Waals surface area contributed by atoms with Gasteiger partial charge in [0.25, 0.3) is 0 Å². The molecule has 0 aromatic heterocycles. The quantitative estimate of drug-likeness (QED) is 0.595. The molecule has 3 heteroatoms. The van der Waals surface area contributed by atoms with E-state index in [0.717, 1.165) is 12.1 Å². The molecule has 12 heavy (non-hydrogen) atoms. The number of carbonyl (C=O) groups is 1. The van der Waals surface area contributed by atoms with Gasteiger partial charge >= 0.3 is 0 Å². The Morgan fingerprint density at radius 1 is 1.17 bits per heavy atom. The van der Waals surface area contributed by atoms with Crippen LogP contribution in [0.5, 0.6) is 0 Å². The van der Waals surface area contributed by atoms with E-state index >= 15 is 0 Å². The van der Waals surface area contributed by atoms with E-state index in [0.29, 0.717) is 6.29 Å². The van der Waals surface area contributed by atoms with Crippen LogP contribution < -0.4 is 0 Å². The Labute approximate surface area is 70.0 Å². The molecule has 0 bridgehead atoms. The van der Waals surface area contributed by atoms with Crippen LogP contribution in [-0.4, -0.2) is 6.29 Å². The maximum atomic E-state index is 12.2. The zero-order valence-electron chi connectivity index (χ0n) is 6.97. The molecule has 1 aromatic rings. The molecule has 0 aliphatic rings. The van der Waals surface area contributed by atoms with Crippen LogP contribution in [0.1, 0.15) is 24.2 Å². The van der Waals surface area contributed by atoms with Gasteiger partial charge in [-0.05, 0) is 18.2 Å². The van der Waals surface area contributed by atoms with Gasteiger partial charge in [0.05, 0.1) is 0 Å². The maximum Gasteiger partial charge on any atom is 0.159 e. The monoisotopic (exact) mass is 172 g/mol. The second-order valence-electron chi connectivity index (χ2n) is 1.79. The Hall–Kier alpha value is -1.25.